The predicted molar refractivity (Wildman–Crippen MR) is 101 cm³/mol. The Morgan fingerprint density at radius 1 is 1.32 bits per heavy atom. The highest BCUT2D eigenvalue weighted by Gasteiger charge is 2.52. The lowest BCUT2D eigenvalue weighted by Gasteiger charge is -2.32. The molecule has 0 radical (unpaired) electrons. The number of aliphatic hydroxyl groups excluding tert-OH is 2. The van der Waals surface area contributed by atoms with E-state index in [1.165, 1.54) is 0 Å². The van der Waals surface area contributed by atoms with Crippen LogP contribution >= 0.6 is 0 Å². The number of rotatable bonds is 6. The molecule has 2 N–H and O–H groups in total. The Balaban J connectivity index is 1.57. The first-order valence-electron chi connectivity index (χ1n) is 9.54. The predicted octanol–water partition coefficient (Wildman–Crippen LogP) is -0.501. The quantitative estimate of drug-likeness (QED) is 0.622. The van der Waals surface area contributed by atoms with Crippen molar-refractivity contribution >= 4 is 18.5 Å². The summed E-state index contributed by atoms with van der Waals surface area (Å²) in [5, 5.41) is 18.5. The molecule has 0 spiro atoms. The van der Waals surface area contributed by atoms with E-state index in [1.807, 2.05) is 27.7 Å². The van der Waals surface area contributed by atoms with Gasteiger partial charge in [0.2, 0.25) is 0 Å². The summed E-state index contributed by atoms with van der Waals surface area (Å²) in [5.74, 6) is -0.481. The van der Waals surface area contributed by atoms with E-state index in [-0.39, 0.29) is 18.7 Å². The van der Waals surface area contributed by atoms with Gasteiger partial charge in [-0.3, -0.25) is 4.79 Å². The monoisotopic (exact) mass is 393 g/mol. The van der Waals surface area contributed by atoms with E-state index in [1.54, 1.807) is 17.3 Å². The number of likely N-dealkylation sites (tertiary alicyclic amines) is 1. The van der Waals surface area contributed by atoms with E-state index in [2.05, 4.69) is 9.97 Å². The third-order valence-electron chi connectivity index (χ3n) is 5.70. The Hall–Kier alpha value is -1.75. The molecule has 1 amide bonds. The second-order valence-corrected chi connectivity index (χ2v) is 8.22. The molecule has 0 bridgehead atoms. The zero-order valence-corrected chi connectivity index (χ0v) is 16.8. The van der Waals surface area contributed by atoms with Crippen molar-refractivity contribution in [2.75, 3.05) is 19.8 Å². The second-order valence-electron chi connectivity index (χ2n) is 8.22. The van der Waals surface area contributed by atoms with Crippen LogP contribution in [0.2, 0.25) is 0 Å². The molecule has 2 saturated heterocycles. The number of nitrogens with zero attached hydrogens (tertiary/aromatic N) is 3. The molecule has 2 aliphatic rings. The molecule has 9 nitrogen and oxygen atoms in total. The maximum absolute atomic E-state index is 12.1. The van der Waals surface area contributed by atoms with Gasteiger partial charge in [-0.2, -0.15) is 0 Å². The third-order valence-corrected chi connectivity index (χ3v) is 5.70. The zero-order valence-electron chi connectivity index (χ0n) is 16.8. The zero-order chi connectivity index (χ0) is 20.5. The average Bonchev–Trinajstić information content (AvgIpc) is 3.20. The van der Waals surface area contributed by atoms with Gasteiger partial charge >= 0.3 is 13.1 Å². The smallest absolute Gasteiger partial charge is 0.461 e. The molecule has 1 aromatic rings. The van der Waals surface area contributed by atoms with E-state index >= 15 is 0 Å². The summed E-state index contributed by atoms with van der Waals surface area (Å²) < 4.78 is 17.6. The van der Waals surface area contributed by atoms with Gasteiger partial charge in [-0.05, 0) is 40.5 Å². The summed E-state index contributed by atoms with van der Waals surface area (Å²) >= 11 is 0. The lowest BCUT2D eigenvalue weighted by molar-refractivity contribution is -0.143. The van der Waals surface area contributed by atoms with Gasteiger partial charge in [0.15, 0.2) is 6.10 Å². The molecule has 0 unspecified atom stereocenters. The minimum absolute atomic E-state index is 0.180. The van der Waals surface area contributed by atoms with Crippen LogP contribution in [-0.2, 0) is 14.1 Å². The molecule has 0 saturated carbocycles. The molecule has 28 heavy (non-hydrogen) atoms. The van der Waals surface area contributed by atoms with Crippen LogP contribution in [0.5, 0.6) is 6.01 Å². The molecule has 10 heteroatoms. The van der Waals surface area contributed by atoms with Crippen molar-refractivity contribution in [1.29, 1.82) is 0 Å². The van der Waals surface area contributed by atoms with Crippen LogP contribution in [0, 0.1) is 0 Å². The van der Waals surface area contributed by atoms with Crippen molar-refractivity contribution in [2.24, 2.45) is 0 Å². The fraction of sp³-hybridized carbons (Fsp3) is 0.722. The molecule has 1 aromatic heterocycles. The highest BCUT2D eigenvalue weighted by molar-refractivity contribution is 6.61. The maximum Gasteiger partial charge on any atom is 0.498 e. The summed E-state index contributed by atoms with van der Waals surface area (Å²) in [6.45, 7) is 8.08. The van der Waals surface area contributed by atoms with Crippen LogP contribution < -0.4 is 10.2 Å². The lowest BCUT2D eigenvalue weighted by Crippen LogP contribution is -2.45. The van der Waals surface area contributed by atoms with Gasteiger partial charge in [-0.25, -0.2) is 9.97 Å². The highest BCUT2D eigenvalue weighted by atomic mass is 16.7. The summed E-state index contributed by atoms with van der Waals surface area (Å²) in [6, 6.07) is 0.0161. The number of ether oxygens (including phenoxy) is 1. The number of hydrogen-bond acceptors (Lipinski definition) is 8. The van der Waals surface area contributed by atoms with Gasteiger partial charge in [0.1, 0.15) is 6.61 Å². The Labute approximate surface area is 165 Å². The normalized spacial score (nSPS) is 24.4. The topological polar surface area (TPSA) is 114 Å². The molecular weight excluding hydrogens is 365 g/mol. The number of aliphatic hydroxyl groups is 2. The van der Waals surface area contributed by atoms with Crippen molar-refractivity contribution < 1.29 is 29.1 Å². The Morgan fingerprint density at radius 2 is 1.93 bits per heavy atom. The largest absolute Gasteiger partial charge is 0.498 e. The van der Waals surface area contributed by atoms with Crippen LogP contribution in [0.25, 0.3) is 0 Å². The number of carbonyl (C=O) groups is 1. The van der Waals surface area contributed by atoms with Crippen molar-refractivity contribution in [3.63, 3.8) is 0 Å². The molecule has 0 aliphatic carbocycles. The lowest BCUT2D eigenvalue weighted by atomic mass is 9.81. The molecule has 2 fully saturated rings. The molecule has 2 aliphatic heterocycles. The van der Waals surface area contributed by atoms with Crippen molar-refractivity contribution in [2.45, 2.75) is 63.9 Å². The van der Waals surface area contributed by atoms with Gasteiger partial charge in [-0.1, -0.05) is 0 Å². The van der Waals surface area contributed by atoms with E-state index in [0.717, 1.165) is 12.8 Å². The van der Waals surface area contributed by atoms with Crippen LogP contribution in [0.4, 0.5) is 0 Å². The summed E-state index contributed by atoms with van der Waals surface area (Å²) in [5.41, 5.74) is -0.177. The van der Waals surface area contributed by atoms with E-state index in [4.69, 9.17) is 19.2 Å². The third kappa shape index (κ3) is 4.14. The van der Waals surface area contributed by atoms with Gasteiger partial charge in [0, 0.05) is 24.4 Å². The van der Waals surface area contributed by atoms with E-state index in [9.17, 15) is 9.90 Å². The number of amides is 1. The van der Waals surface area contributed by atoms with Crippen molar-refractivity contribution in [1.82, 2.24) is 14.9 Å². The fourth-order valence-electron chi connectivity index (χ4n) is 3.24. The second kappa shape index (κ2) is 7.94. The average molecular weight is 393 g/mol. The van der Waals surface area contributed by atoms with Gasteiger partial charge in [0.05, 0.1) is 23.9 Å². The van der Waals surface area contributed by atoms with E-state index in [0.29, 0.717) is 12.0 Å². The van der Waals surface area contributed by atoms with Crippen molar-refractivity contribution in [3.8, 4) is 6.01 Å². The molecule has 3 rings (SSSR count). The standard InChI is InChI=1S/C18H28BN3O6/c1-17(2)18(3,4)28-19(27-17)12-8-20-16(21-9-12)26-11-13-6-5-7-22(13)15(25)14(24)10-23/h8-9,13-14,23-24H,5-7,10-11H2,1-4H3/t13-,14+/m0/s1. The minimum Gasteiger partial charge on any atom is -0.461 e. The molecule has 3 heterocycles. The van der Waals surface area contributed by atoms with Gasteiger partial charge in [-0.15, -0.1) is 0 Å². The SMILES string of the molecule is CC1(C)OB(c2cnc(OC[C@@H]3CCCN3C(=O)[C@H](O)CO)nc2)OC1(C)C. The molecular formula is C18H28BN3O6. The molecule has 0 aromatic carbocycles. The maximum atomic E-state index is 12.1. The van der Waals surface area contributed by atoms with Crippen LogP contribution in [-0.4, -0.2) is 81.2 Å². The minimum atomic E-state index is -1.39. The number of hydrogen-bond donors (Lipinski definition) is 2. The molecule has 154 valence electrons. The van der Waals surface area contributed by atoms with Crippen LogP contribution in [0.3, 0.4) is 0 Å². The summed E-state index contributed by atoms with van der Waals surface area (Å²) in [4.78, 5) is 22.1. The number of carbonyl (C=O) groups excluding carboxylic acids is 1. The van der Waals surface area contributed by atoms with Gasteiger partial charge in [0.25, 0.3) is 5.91 Å². The van der Waals surface area contributed by atoms with Crippen LogP contribution in [0.1, 0.15) is 40.5 Å². The van der Waals surface area contributed by atoms with Crippen molar-refractivity contribution in [3.05, 3.63) is 12.4 Å². The van der Waals surface area contributed by atoms with Gasteiger partial charge < -0.3 is 29.2 Å². The first-order chi connectivity index (χ1) is 13.1. The molecule has 2 atom stereocenters. The Bertz CT molecular complexity index is 683. The first kappa shape index (κ1) is 21.0. The Kier molecular flexibility index (Phi) is 5.95. The summed E-state index contributed by atoms with van der Waals surface area (Å²) in [6.07, 6.45) is 3.40. The Morgan fingerprint density at radius 3 is 2.50 bits per heavy atom. The highest BCUT2D eigenvalue weighted by Crippen LogP contribution is 2.36. The van der Waals surface area contributed by atoms with Crippen LogP contribution in [0.15, 0.2) is 12.4 Å². The summed E-state index contributed by atoms with van der Waals surface area (Å²) in [7, 11) is -0.540. The fourth-order valence-corrected chi connectivity index (χ4v) is 3.24. The first-order valence-corrected chi connectivity index (χ1v) is 9.54. The number of aromatic nitrogens is 2. The van der Waals surface area contributed by atoms with E-state index < -0.39 is 36.9 Å².